The molecule has 0 aliphatic rings. The predicted molar refractivity (Wildman–Crippen MR) is 82.9 cm³/mol. The molecule has 0 aromatic heterocycles. The number of halogens is 2. The Morgan fingerprint density at radius 3 is 2.40 bits per heavy atom. The number of para-hydroxylation sites is 1. The van der Waals surface area contributed by atoms with Crippen LogP contribution < -0.4 is 10.5 Å². The highest BCUT2D eigenvalue weighted by atomic mass is 35.5. The van der Waals surface area contributed by atoms with E-state index in [-0.39, 0.29) is 10.6 Å². The van der Waals surface area contributed by atoms with E-state index in [0.717, 1.165) is 5.56 Å². The summed E-state index contributed by atoms with van der Waals surface area (Å²) in [7, 11) is -3.77. The maximum atomic E-state index is 12.3. The third-order valence-electron chi connectivity index (χ3n) is 2.74. The Morgan fingerprint density at radius 1 is 1.10 bits per heavy atom. The smallest absolute Gasteiger partial charge is 0.262 e. The molecule has 0 saturated heterocycles. The molecular formula is C13H12Cl2N2O2S. The van der Waals surface area contributed by atoms with Crippen LogP contribution in [0, 0.1) is 6.92 Å². The van der Waals surface area contributed by atoms with Gasteiger partial charge in [-0.2, -0.15) is 0 Å². The first-order valence-corrected chi connectivity index (χ1v) is 7.88. The Kier molecular flexibility index (Phi) is 4.13. The predicted octanol–water partition coefficient (Wildman–Crippen LogP) is 3.68. The lowest BCUT2D eigenvalue weighted by Crippen LogP contribution is -2.14. The van der Waals surface area contributed by atoms with Crippen molar-refractivity contribution in [1.82, 2.24) is 0 Å². The van der Waals surface area contributed by atoms with Gasteiger partial charge >= 0.3 is 0 Å². The zero-order valence-corrected chi connectivity index (χ0v) is 12.9. The summed E-state index contributed by atoms with van der Waals surface area (Å²) in [6.45, 7) is 1.76. The largest absolute Gasteiger partial charge is 0.397 e. The number of hydrogen-bond acceptors (Lipinski definition) is 3. The molecule has 0 bridgehead atoms. The van der Waals surface area contributed by atoms with Gasteiger partial charge in [-0.25, -0.2) is 8.42 Å². The van der Waals surface area contributed by atoms with E-state index < -0.39 is 10.0 Å². The summed E-state index contributed by atoms with van der Waals surface area (Å²) < 4.78 is 27.1. The molecule has 3 N–H and O–H groups in total. The van der Waals surface area contributed by atoms with E-state index in [2.05, 4.69) is 4.72 Å². The van der Waals surface area contributed by atoms with Gasteiger partial charge in [0.1, 0.15) is 0 Å². The molecule has 20 heavy (non-hydrogen) atoms. The summed E-state index contributed by atoms with van der Waals surface area (Å²) in [5.41, 5.74) is 6.89. The Labute approximate surface area is 127 Å². The van der Waals surface area contributed by atoms with Crippen LogP contribution in [0.2, 0.25) is 10.0 Å². The van der Waals surface area contributed by atoms with Crippen molar-refractivity contribution < 1.29 is 8.42 Å². The van der Waals surface area contributed by atoms with Crippen LogP contribution in [-0.4, -0.2) is 8.42 Å². The molecule has 7 heteroatoms. The molecule has 2 aromatic carbocycles. The summed E-state index contributed by atoms with van der Waals surface area (Å²) in [5, 5.41) is 0.633. The first-order valence-electron chi connectivity index (χ1n) is 5.64. The Balaban J connectivity index is 2.43. The highest BCUT2D eigenvalue weighted by molar-refractivity contribution is 7.92. The van der Waals surface area contributed by atoms with Crippen molar-refractivity contribution in [2.75, 3.05) is 10.5 Å². The van der Waals surface area contributed by atoms with E-state index in [0.29, 0.717) is 15.7 Å². The monoisotopic (exact) mass is 330 g/mol. The molecule has 0 aliphatic heterocycles. The van der Waals surface area contributed by atoms with Crippen LogP contribution in [0.15, 0.2) is 41.3 Å². The third kappa shape index (κ3) is 3.00. The van der Waals surface area contributed by atoms with E-state index in [9.17, 15) is 8.42 Å². The van der Waals surface area contributed by atoms with E-state index in [1.807, 2.05) is 0 Å². The summed E-state index contributed by atoms with van der Waals surface area (Å²) in [4.78, 5) is 0.0266. The first kappa shape index (κ1) is 15.0. The molecular weight excluding hydrogens is 319 g/mol. The SMILES string of the molecule is Cc1cccc(Cl)c1NS(=O)(=O)c1ccc(Cl)c(N)c1. The lowest BCUT2D eigenvalue weighted by Gasteiger charge is -2.12. The number of nitrogens with one attached hydrogen (secondary N) is 1. The maximum absolute atomic E-state index is 12.3. The second kappa shape index (κ2) is 5.52. The number of aryl methyl sites for hydroxylation is 1. The number of rotatable bonds is 3. The third-order valence-corrected chi connectivity index (χ3v) is 4.74. The van der Waals surface area contributed by atoms with Gasteiger partial charge in [0.05, 0.1) is 26.3 Å². The van der Waals surface area contributed by atoms with Crippen LogP contribution in [0.3, 0.4) is 0 Å². The number of hydrogen-bond donors (Lipinski definition) is 2. The molecule has 0 aliphatic carbocycles. The van der Waals surface area contributed by atoms with Crippen molar-refractivity contribution in [3.63, 3.8) is 0 Å². The fourth-order valence-electron chi connectivity index (χ4n) is 1.64. The van der Waals surface area contributed by atoms with Gasteiger partial charge in [0.2, 0.25) is 0 Å². The minimum absolute atomic E-state index is 0.0266. The standard InChI is InChI=1S/C13H12Cl2N2O2S/c1-8-3-2-4-11(15)13(8)17-20(18,19)9-5-6-10(14)12(16)7-9/h2-7,17H,16H2,1H3. The van der Waals surface area contributed by atoms with Crippen LogP contribution in [0.1, 0.15) is 5.56 Å². The summed E-state index contributed by atoms with van der Waals surface area (Å²) in [6, 6.07) is 9.24. The van der Waals surface area contributed by atoms with Crippen molar-refractivity contribution in [2.24, 2.45) is 0 Å². The average molecular weight is 331 g/mol. The van der Waals surface area contributed by atoms with E-state index in [4.69, 9.17) is 28.9 Å². The first-order chi connectivity index (χ1) is 9.31. The average Bonchev–Trinajstić information content (AvgIpc) is 2.37. The van der Waals surface area contributed by atoms with Gasteiger partial charge in [-0.1, -0.05) is 35.3 Å². The fourth-order valence-corrected chi connectivity index (χ4v) is 3.27. The van der Waals surface area contributed by atoms with Gasteiger partial charge in [-0.05, 0) is 36.8 Å². The zero-order valence-electron chi connectivity index (χ0n) is 10.5. The number of nitrogen functional groups attached to an aromatic ring is 1. The number of anilines is 2. The molecule has 0 amide bonds. The van der Waals surface area contributed by atoms with Gasteiger partial charge < -0.3 is 5.73 Å². The Hall–Kier alpha value is -1.43. The van der Waals surface area contributed by atoms with E-state index in [1.54, 1.807) is 25.1 Å². The van der Waals surface area contributed by atoms with Crippen LogP contribution in [-0.2, 0) is 10.0 Å². The summed E-state index contributed by atoms with van der Waals surface area (Å²) in [5.74, 6) is 0. The molecule has 0 radical (unpaired) electrons. The summed E-state index contributed by atoms with van der Waals surface area (Å²) in [6.07, 6.45) is 0. The topological polar surface area (TPSA) is 72.2 Å². The number of sulfonamides is 1. The molecule has 4 nitrogen and oxygen atoms in total. The summed E-state index contributed by atoms with van der Waals surface area (Å²) >= 11 is 11.8. The van der Waals surface area contributed by atoms with Crippen LogP contribution in [0.5, 0.6) is 0 Å². The molecule has 0 spiro atoms. The van der Waals surface area contributed by atoms with Crippen LogP contribution >= 0.6 is 23.2 Å². The molecule has 0 atom stereocenters. The molecule has 0 unspecified atom stereocenters. The van der Waals surface area contributed by atoms with Gasteiger partial charge in [0.25, 0.3) is 10.0 Å². The molecule has 106 valence electrons. The van der Waals surface area contributed by atoms with Crippen molar-refractivity contribution >= 4 is 44.6 Å². The van der Waals surface area contributed by atoms with Gasteiger partial charge in [0, 0.05) is 0 Å². The van der Waals surface area contributed by atoms with Crippen molar-refractivity contribution in [1.29, 1.82) is 0 Å². The Bertz CT molecular complexity index is 741. The lowest BCUT2D eigenvalue weighted by molar-refractivity contribution is 0.601. The van der Waals surface area contributed by atoms with Gasteiger partial charge in [-0.15, -0.1) is 0 Å². The Morgan fingerprint density at radius 2 is 1.80 bits per heavy atom. The van der Waals surface area contributed by atoms with E-state index >= 15 is 0 Å². The van der Waals surface area contributed by atoms with Crippen LogP contribution in [0.25, 0.3) is 0 Å². The fraction of sp³-hybridized carbons (Fsp3) is 0.0769. The van der Waals surface area contributed by atoms with Gasteiger partial charge in [-0.3, -0.25) is 4.72 Å². The molecule has 2 aromatic rings. The van der Waals surface area contributed by atoms with Crippen LogP contribution in [0.4, 0.5) is 11.4 Å². The highest BCUT2D eigenvalue weighted by Crippen LogP contribution is 2.29. The second-order valence-electron chi connectivity index (χ2n) is 4.22. The number of nitrogens with two attached hydrogens (primary N) is 1. The molecule has 0 heterocycles. The lowest BCUT2D eigenvalue weighted by atomic mass is 10.2. The van der Waals surface area contributed by atoms with Crippen molar-refractivity contribution in [3.8, 4) is 0 Å². The van der Waals surface area contributed by atoms with E-state index in [1.165, 1.54) is 18.2 Å². The second-order valence-corrected chi connectivity index (χ2v) is 6.72. The van der Waals surface area contributed by atoms with Crippen molar-refractivity contribution in [2.45, 2.75) is 11.8 Å². The molecule has 0 fully saturated rings. The molecule has 0 saturated carbocycles. The normalized spacial score (nSPS) is 11.3. The van der Waals surface area contributed by atoms with Crippen molar-refractivity contribution in [3.05, 3.63) is 52.0 Å². The highest BCUT2D eigenvalue weighted by Gasteiger charge is 2.17. The molecule has 2 rings (SSSR count). The quantitative estimate of drug-likeness (QED) is 0.843. The zero-order chi connectivity index (χ0) is 14.9. The number of benzene rings is 2. The minimum atomic E-state index is -3.77. The van der Waals surface area contributed by atoms with Gasteiger partial charge in [0.15, 0.2) is 0 Å². The maximum Gasteiger partial charge on any atom is 0.262 e. The minimum Gasteiger partial charge on any atom is -0.397 e.